The lowest BCUT2D eigenvalue weighted by atomic mass is 10.2. The molecule has 3 N–H and O–H groups in total. The molecular formula is C12H18N2O3. The number of ether oxygens (including phenoxy) is 2. The van der Waals surface area contributed by atoms with Gasteiger partial charge in [-0.05, 0) is 24.6 Å². The van der Waals surface area contributed by atoms with Gasteiger partial charge in [0.1, 0.15) is 12.4 Å². The van der Waals surface area contributed by atoms with Gasteiger partial charge < -0.3 is 20.5 Å². The molecule has 5 nitrogen and oxygen atoms in total. The van der Waals surface area contributed by atoms with Crippen molar-refractivity contribution in [3.63, 3.8) is 0 Å². The van der Waals surface area contributed by atoms with Crippen molar-refractivity contribution < 1.29 is 14.3 Å². The Balaban J connectivity index is 2.34. The summed E-state index contributed by atoms with van der Waals surface area (Å²) in [6, 6.07) is 7.42. The van der Waals surface area contributed by atoms with Crippen LogP contribution >= 0.6 is 0 Å². The van der Waals surface area contributed by atoms with Crippen molar-refractivity contribution >= 4 is 6.09 Å². The number of hydrogen-bond acceptors (Lipinski definition) is 4. The fourth-order valence-corrected chi connectivity index (χ4v) is 1.22. The maximum absolute atomic E-state index is 11.1. The minimum atomic E-state index is -0.454. The number of alkyl carbamates (subject to hydrolysis) is 1. The number of hydrogen-bond donors (Lipinski definition) is 2. The predicted molar refractivity (Wildman–Crippen MR) is 64.9 cm³/mol. The second kappa shape index (κ2) is 7.51. The Morgan fingerprint density at radius 1 is 1.35 bits per heavy atom. The molecule has 0 aliphatic carbocycles. The Hall–Kier alpha value is -1.75. The maximum atomic E-state index is 11.1. The molecule has 0 saturated carbocycles. The number of nitrogens with one attached hydrogen (secondary N) is 1. The number of rotatable bonds is 6. The lowest BCUT2D eigenvalue weighted by molar-refractivity contribution is 0.140. The zero-order valence-corrected chi connectivity index (χ0v) is 9.94. The van der Waals surface area contributed by atoms with E-state index < -0.39 is 6.09 Å². The van der Waals surface area contributed by atoms with Crippen LogP contribution in [0.2, 0.25) is 0 Å². The van der Waals surface area contributed by atoms with Crippen molar-refractivity contribution in [3.8, 4) is 5.75 Å². The lowest BCUT2D eigenvalue weighted by Crippen LogP contribution is -2.29. The van der Waals surface area contributed by atoms with E-state index in [0.717, 1.165) is 11.3 Å². The third kappa shape index (κ3) is 5.21. The van der Waals surface area contributed by atoms with E-state index in [-0.39, 0.29) is 6.61 Å². The van der Waals surface area contributed by atoms with Crippen LogP contribution in [0.3, 0.4) is 0 Å². The molecule has 1 rings (SSSR count). The zero-order chi connectivity index (χ0) is 12.5. The quantitative estimate of drug-likeness (QED) is 0.782. The van der Waals surface area contributed by atoms with Crippen molar-refractivity contribution in [2.75, 3.05) is 19.7 Å². The molecule has 0 aliphatic heterocycles. The normalized spacial score (nSPS) is 9.76. The van der Waals surface area contributed by atoms with Gasteiger partial charge in [-0.2, -0.15) is 0 Å². The van der Waals surface area contributed by atoms with Gasteiger partial charge in [-0.1, -0.05) is 12.1 Å². The maximum Gasteiger partial charge on any atom is 0.407 e. The molecular weight excluding hydrogens is 220 g/mol. The van der Waals surface area contributed by atoms with Crippen LogP contribution in [0.25, 0.3) is 0 Å². The smallest absolute Gasteiger partial charge is 0.407 e. The van der Waals surface area contributed by atoms with Crippen LogP contribution in [0.15, 0.2) is 24.3 Å². The minimum absolute atomic E-state index is 0.239. The van der Waals surface area contributed by atoms with Gasteiger partial charge >= 0.3 is 6.09 Å². The molecule has 17 heavy (non-hydrogen) atoms. The second-order valence-corrected chi connectivity index (χ2v) is 3.37. The summed E-state index contributed by atoms with van der Waals surface area (Å²) in [6.45, 7) is 3.62. The fourth-order valence-electron chi connectivity index (χ4n) is 1.22. The number of carbonyl (C=O) groups excluding carboxylic acids is 1. The average molecular weight is 238 g/mol. The van der Waals surface area contributed by atoms with E-state index in [4.69, 9.17) is 15.2 Å². The summed E-state index contributed by atoms with van der Waals surface area (Å²) in [5, 5.41) is 2.52. The van der Waals surface area contributed by atoms with Gasteiger partial charge in [0, 0.05) is 13.1 Å². The minimum Gasteiger partial charge on any atom is -0.494 e. The van der Waals surface area contributed by atoms with Crippen LogP contribution in [0.5, 0.6) is 5.75 Å². The van der Waals surface area contributed by atoms with Gasteiger partial charge in [0.15, 0.2) is 0 Å². The fraction of sp³-hybridized carbons (Fsp3) is 0.417. The van der Waals surface area contributed by atoms with Crippen LogP contribution in [0.4, 0.5) is 4.79 Å². The molecule has 1 aromatic carbocycles. The van der Waals surface area contributed by atoms with Gasteiger partial charge in [0.25, 0.3) is 0 Å². The summed E-state index contributed by atoms with van der Waals surface area (Å²) < 4.78 is 10.3. The van der Waals surface area contributed by atoms with Crippen molar-refractivity contribution in [3.05, 3.63) is 29.8 Å². The molecule has 0 atom stereocenters. The highest BCUT2D eigenvalue weighted by Gasteiger charge is 2.01. The summed E-state index contributed by atoms with van der Waals surface area (Å²) in [5.74, 6) is 0.809. The lowest BCUT2D eigenvalue weighted by Gasteiger charge is -2.07. The number of nitrogens with two attached hydrogens (primary N) is 1. The molecule has 0 saturated heterocycles. The van der Waals surface area contributed by atoms with Crippen molar-refractivity contribution in [1.82, 2.24) is 5.32 Å². The van der Waals surface area contributed by atoms with Gasteiger partial charge in [0.05, 0.1) is 6.61 Å². The first-order valence-corrected chi connectivity index (χ1v) is 5.58. The standard InChI is InChI=1S/C12H18N2O3/c1-2-16-11-5-3-10(4-6-11)9-17-12(15)14-8-7-13/h3-6H,2,7-9,13H2,1H3,(H,14,15). The van der Waals surface area contributed by atoms with E-state index >= 15 is 0 Å². The molecule has 94 valence electrons. The molecule has 0 spiro atoms. The van der Waals surface area contributed by atoms with Crippen LogP contribution in [-0.2, 0) is 11.3 Å². The highest BCUT2D eigenvalue weighted by molar-refractivity contribution is 5.67. The van der Waals surface area contributed by atoms with Gasteiger partial charge in [-0.25, -0.2) is 4.79 Å². The van der Waals surface area contributed by atoms with E-state index in [1.807, 2.05) is 31.2 Å². The summed E-state index contributed by atoms with van der Waals surface area (Å²) in [6.07, 6.45) is -0.454. The van der Waals surface area contributed by atoms with E-state index in [9.17, 15) is 4.79 Å². The van der Waals surface area contributed by atoms with Crippen molar-refractivity contribution in [2.45, 2.75) is 13.5 Å². The Morgan fingerprint density at radius 2 is 2.06 bits per heavy atom. The van der Waals surface area contributed by atoms with E-state index in [1.165, 1.54) is 0 Å². The second-order valence-electron chi connectivity index (χ2n) is 3.37. The summed E-state index contributed by atoms with van der Waals surface area (Å²) in [5.41, 5.74) is 6.16. The van der Waals surface area contributed by atoms with Crippen molar-refractivity contribution in [1.29, 1.82) is 0 Å². The topological polar surface area (TPSA) is 73.6 Å². The first-order valence-electron chi connectivity index (χ1n) is 5.58. The Morgan fingerprint density at radius 3 is 2.65 bits per heavy atom. The van der Waals surface area contributed by atoms with Crippen molar-refractivity contribution in [2.24, 2.45) is 5.73 Å². The summed E-state index contributed by atoms with van der Waals surface area (Å²) in [4.78, 5) is 11.1. The van der Waals surface area contributed by atoms with Crippen LogP contribution in [0.1, 0.15) is 12.5 Å². The third-order valence-electron chi connectivity index (χ3n) is 2.02. The van der Waals surface area contributed by atoms with Crippen LogP contribution < -0.4 is 15.8 Å². The summed E-state index contributed by atoms with van der Waals surface area (Å²) >= 11 is 0. The molecule has 0 aliphatic rings. The molecule has 0 fully saturated rings. The van der Waals surface area contributed by atoms with E-state index in [1.54, 1.807) is 0 Å². The summed E-state index contributed by atoms with van der Waals surface area (Å²) in [7, 11) is 0. The van der Waals surface area contributed by atoms with Gasteiger partial charge in [0.2, 0.25) is 0 Å². The predicted octanol–water partition coefficient (Wildman–Crippen LogP) is 1.27. The Bertz CT molecular complexity index is 338. The number of carbonyl (C=O) groups is 1. The van der Waals surface area contributed by atoms with Gasteiger partial charge in [-0.15, -0.1) is 0 Å². The molecule has 0 radical (unpaired) electrons. The molecule has 0 unspecified atom stereocenters. The van der Waals surface area contributed by atoms with E-state index in [2.05, 4.69) is 5.32 Å². The highest BCUT2D eigenvalue weighted by Crippen LogP contribution is 2.12. The largest absolute Gasteiger partial charge is 0.494 e. The first-order chi connectivity index (χ1) is 8.26. The molecule has 0 heterocycles. The third-order valence-corrected chi connectivity index (χ3v) is 2.02. The molecule has 0 bridgehead atoms. The average Bonchev–Trinajstić information content (AvgIpc) is 2.36. The Kier molecular flexibility index (Phi) is 5.88. The van der Waals surface area contributed by atoms with Gasteiger partial charge in [-0.3, -0.25) is 0 Å². The zero-order valence-electron chi connectivity index (χ0n) is 9.94. The Labute approximate surface area is 101 Å². The monoisotopic (exact) mass is 238 g/mol. The number of benzene rings is 1. The SMILES string of the molecule is CCOc1ccc(COC(=O)NCCN)cc1. The van der Waals surface area contributed by atoms with E-state index in [0.29, 0.717) is 19.7 Å². The first kappa shape index (κ1) is 13.3. The van der Waals surface area contributed by atoms with Crippen LogP contribution in [0, 0.1) is 0 Å². The van der Waals surface area contributed by atoms with Crippen LogP contribution in [-0.4, -0.2) is 25.8 Å². The molecule has 0 aromatic heterocycles. The molecule has 5 heteroatoms. The molecule has 1 aromatic rings. The number of amides is 1. The highest BCUT2D eigenvalue weighted by atomic mass is 16.5. The molecule has 1 amide bonds.